The van der Waals surface area contributed by atoms with Crippen LogP contribution in [-0.2, 0) is 4.79 Å². The first kappa shape index (κ1) is 16.6. The highest BCUT2D eigenvalue weighted by Crippen LogP contribution is 2.33. The average molecular weight is 349 g/mol. The molecule has 1 aliphatic rings. The maximum atomic E-state index is 12.5. The fourth-order valence-corrected chi connectivity index (χ4v) is 3.75. The number of aromatic nitrogens is 2. The lowest BCUT2D eigenvalue weighted by molar-refractivity contribution is -0.120. The standard InChI is InChI=1S/C21H23N3O2/c1-26-19-10-6-5-9-16(19)15-11-12-17-18(13-15)23-24-20(17)22-21(25)14-7-3-2-4-8-14/h5-6,9-14H,2-4,7-8H2,1H3,(H2,22,23,24,25). The van der Waals surface area contributed by atoms with Crippen LogP contribution >= 0.6 is 0 Å². The molecule has 2 N–H and O–H groups in total. The highest BCUT2D eigenvalue weighted by Gasteiger charge is 2.22. The number of H-pyrrole nitrogens is 1. The zero-order valence-electron chi connectivity index (χ0n) is 14.9. The van der Waals surface area contributed by atoms with Crippen molar-refractivity contribution in [3.05, 3.63) is 42.5 Å². The minimum atomic E-state index is 0.0897. The summed E-state index contributed by atoms with van der Waals surface area (Å²) in [5.41, 5.74) is 2.97. The molecule has 0 saturated heterocycles. The second kappa shape index (κ2) is 7.20. The first-order valence-corrected chi connectivity index (χ1v) is 9.18. The van der Waals surface area contributed by atoms with E-state index in [1.54, 1.807) is 7.11 Å². The number of aromatic amines is 1. The van der Waals surface area contributed by atoms with Crippen LogP contribution in [0, 0.1) is 5.92 Å². The first-order chi connectivity index (χ1) is 12.8. The van der Waals surface area contributed by atoms with Crippen LogP contribution in [0.25, 0.3) is 22.0 Å². The van der Waals surface area contributed by atoms with Crippen molar-refractivity contribution in [2.45, 2.75) is 32.1 Å². The van der Waals surface area contributed by atoms with E-state index in [2.05, 4.69) is 15.5 Å². The fourth-order valence-electron chi connectivity index (χ4n) is 3.75. The number of hydrogen-bond donors (Lipinski definition) is 2. The van der Waals surface area contributed by atoms with Gasteiger partial charge in [0, 0.05) is 16.9 Å². The van der Waals surface area contributed by atoms with Crippen LogP contribution in [0.3, 0.4) is 0 Å². The van der Waals surface area contributed by atoms with Crippen LogP contribution < -0.4 is 10.1 Å². The lowest BCUT2D eigenvalue weighted by atomic mass is 9.89. The predicted octanol–water partition coefficient (Wildman–Crippen LogP) is 4.76. The predicted molar refractivity (Wildman–Crippen MR) is 103 cm³/mol. The molecule has 1 fully saturated rings. The van der Waals surface area contributed by atoms with E-state index < -0.39 is 0 Å². The van der Waals surface area contributed by atoms with E-state index in [9.17, 15) is 4.79 Å². The van der Waals surface area contributed by atoms with Crippen LogP contribution in [0.5, 0.6) is 5.75 Å². The summed E-state index contributed by atoms with van der Waals surface area (Å²) < 4.78 is 5.45. The maximum Gasteiger partial charge on any atom is 0.228 e. The molecular weight excluding hydrogens is 326 g/mol. The monoisotopic (exact) mass is 349 g/mol. The average Bonchev–Trinajstić information content (AvgIpc) is 3.10. The Hall–Kier alpha value is -2.82. The summed E-state index contributed by atoms with van der Waals surface area (Å²) in [6.45, 7) is 0. The number of anilines is 1. The fraction of sp³-hybridized carbons (Fsp3) is 0.333. The van der Waals surface area contributed by atoms with E-state index in [-0.39, 0.29) is 11.8 Å². The van der Waals surface area contributed by atoms with Crippen molar-refractivity contribution in [2.75, 3.05) is 12.4 Å². The molecule has 0 atom stereocenters. The molecule has 1 aliphatic carbocycles. The summed E-state index contributed by atoms with van der Waals surface area (Å²) in [7, 11) is 1.67. The molecular formula is C21H23N3O2. The molecule has 1 amide bonds. The third kappa shape index (κ3) is 3.17. The van der Waals surface area contributed by atoms with Crippen LogP contribution in [0.4, 0.5) is 5.82 Å². The van der Waals surface area contributed by atoms with Gasteiger partial charge < -0.3 is 10.1 Å². The second-order valence-corrected chi connectivity index (χ2v) is 6.86. The van der Waals surface area contributed by atoms with Gasteiger partial charge >= 0.3 is 0 Å². The summed E-state index contributed by atoms with van der Waals surface area (Å²) in [6.07, 6.45) is 5.47. The first-order valence-electron chi connectivity index (χ1n) is 9.18. The van der Waals surface area contributed by atoms with Gasteiger partial charge in [0.15, 0.2) is 5.82 Å². The second-order valence-electron chi connectivity index (χ2n) is 6.86. The van der Waals surface area contributed by atoms with Gasteiger partial charge in [-0.3, -0.25) is 9.89 Å². The van der Waals surface area contributed by atoms with E-state index in [1.165, 1.54) is 6.42 Å². The lowest BCUT2D eigenvalue weighted by Crippen LogP contribution is -2.24. The summed E-state index contributed by atoms with van der Waals surface area (Å²) in [5, 5.41) is 11.3. The number of hydrogen-bond acceptors (Lipinski definition) is 3. The summed E-state index contributed by atoms with van der Waals surface area (Å²) in [6, 6.07) is 14.0. The van der Waals surface area contributed by atoms with Crippen LogP contribution in [-0.4, -0.2) is 23.2 Å². The Kier molecular flexibility index (Phi) is 4.61. The Balaban J connectivity index is 1.60. The van der Waals surface area contributed by atoms with Crippen LogP contribution in [0.1, 0.15) is 32.1 Å². The molecule has 0 unspecified atom stereocenters. The van der Waals surface area contributed by atoms with Crippen molar-refractivity contribution in [1.82, 2.24) is 10.2 Å². The summed E-state index contributed by atoms with van der Waals surface area (Å²) in [5.74, 6) is 1.65. The maximum absolute atomic E-state index is 12.5. The van der Waals surface area contributed by atoms with Gasteiger partial charge in [0.25, 0.3) is 0 Å². The van der Waals surface area contributed by atoms with Crippen molar-refractivity contribution in [3.63, 3.8) is 0 Å². The van der Waals surface area contributed by atoms with Crippen molar-refractivity contribution in [3.8, 4) is 16.9 Å². The minimum Gasteiger partial charge on any atom is -0.496 e. The zero-order chi connectivity index (χ0) is 17.9. The van der Waals surface area contributed by atoms with Crippen LogP contribution in [0.15, 0.2) is 42.5 Å². The largest absolute Gasteiger partial charge is 0.496 e. The number of amides is 1. The molecule has 0 radical (unpaired) electrons. The molecule has 0 spiro atoms. The Labute approximate surface area is 152 Å². The molecule has 1 saturated carbocycles. The molecule has 3 aromatic rings. The van der Waals surface area contributed by atoms with E-state index in [4.69, 9.17) is 4.74 Å². The van der Waals surface area contributed by atoms with E-state index in [0.29, 0.717) is 5.82 Å². The number of para-hydroxylation sites is 1. The van der Waals surface area contributed by atoms with Crippen molar-refractivity contribution < 1.29 is 9.53 Å². The number of ether oxygens (including phenoxy) is 1. The van der Waals surface area contributed by atoms with Gasteiger partial charge in [0.1, 0.15) is 5.75 Å². The summed E-state index contributed by atoms with van der Waals surface area (Å²) in [4.78, 5) is 12.5. The third-order valence-electron chi connectivity index (χ3n) is 5.20. The molecule has 1 heterocycles. The van der Waals surface area contributed by atoms with Crippen molar-refractivity contribution >= 4 is 22.6 Å². The number of carbonyl (C=O) groups is 1. The molecule has 134 valence electrons. The quantitative estimate of drug-likeness (QED) is 0.714. The molecule has 1 aromatic heterocycles. The Morgan fingerprint density at radius 1 is 1.15 bits per heavy atom. The number of nitrogens with one attached hydrogen (secondary N) is 2. The number of methoxy groups -OCH3 is 1. The highest BCUT2D eigenvalue weighted by atomic mass is 16.5. The number of benzene rings is 2. The SMILES string of the molecule is COc1ccccc1-c1ccc2c(NC(=O)C3CCCCC3)n[nH]c2c1. The zero-order valence-corrected chi connectivity index (χ0v) is 14.9. The molecule has 4 rings (SSSR count). The number of carbonyl (C=O) groups excluding carboxylic acids is 1. The van der Waals surface area contributed by atoms with Gasteiger partial charge in [-0.1, -0.05) is 43.5 Å². The molecule has 0 bridgehead atoms. The van der Waals surface area contributed by atoms with Gasteiger partial charge in [-0.15, -0.1) is 0 Å². The summed E-state index contributed by atoms with van der Waals surface area (Å²) >= 11 is 0. The Morgan fingerprint density at radius 2 is 1.96 bits per heavy atom. The van der Waals surface area contributed by atoms with Crippen molar-refractivity contribution in [1.29, 1.82) is 0 Å². The Bertz CT molecular complexity index is 926. The van der Waals surface area contributed by atoms with Gasteiger partial charge in [-0.05, 0) is 36.6 Å². The number of nitrogens with zero attached hydrogens (tertiary/aromatic N) is 1. The van der Waals surface area contributed by atoms with Gasteiger partial charge in [-0.2, -0.15) is 5.10 Å². The normalized spacial score (nSPS) is 15.1. The van der Waals surface area contributed by atoms with Gasteiger partial charge in [0.05, 0.1) is 12.6 Å². The van der Waals surface area contributed by atoms with Crippen molar-refractivity contribution in [2.24, 2.45) is 5.92 Å². The minimum absolute atomic E-state index is 0.0897. The third-order valence-corrected chi connectivity index (χ3v) is 5.20. The topological polar surface area (TPSA) is 67.0 Å². The van der Waals surface area contributed by atoms with E-state index in [0.717, 1.165) is 53.5 Å². The molecule has 5 heteroatoms. The van der Waals surface area contributed by atoms with Gasteiger partial charge in [-0.25, -0.2) is 0 Å². The lowest BCUT2D eigenvalue weighted by Gasteiger charge is -2.20. The highest BCUT2D eigenvalue weighted by molar-refractivity contribution is 6.01. The molecule has 26 heavy (non-hydrogen) atoms. The number of rotatable bonds is 4. The number of fused-ring (bicyclic) bond motifs is 1. The Morgan fingerprint density at radius 3 is 2.77 bits per heavy atom. The molecule has 2 aromatic carbocycles. The van der Waals surface area contributed by atoms with Crippen LogP contribution in [0.2, 0.25) is 0 Å². The van der Waals surface area contributed by atoms with E-state index >= 15 is 0 Å². The van der Waals surface area contributed by atoms with E-state index in [1.807, 2.05) is 42.5 Å². The van der Waals surface area contributed by atoms with Gasteiger partial charge in [0.2, 0.25) is 5.91 Å². The molecule has 5 nitrogen and oxygen atoms in total. The molecule has 0 aliphatic heterocycles. The smallest absolute Gasteiger partial charge is 0.228 e.